The monoisotopic (exact) mass is 426 g/mol. The van der Waals surface area contributed by atoms with Gasteiger partial charge in [0.25, 0.3) is 0 Å². The molecule has 176 valence electrons. The maximum atomic E-state index is 10.7. The number of rotatable bonds is 1. The van der Waals surface area contributed by atoms with Crippen LogP contribution in [0.4, 0.5) is 0 Å². The van der Waals surface area contributed by atoms with Gasteiger partial charge in [-0.25, -0.2) is 0 Å². The zero-order valence-corrected chi connectivity index (χ0v) is 21.7. The first-order valence-corrected chi connectivity index (χ1v) is 13.7. The van der Waals surface area contributed by atoms with Gasteiger partial charge in [-0.05, 0) is 128 Å². The molecule has 0 bridgehead atoms. The predicted molar refractivity (Wildman–Crippen MR) is 131 cm³/mol. The predicted octanol–water partition coefficient (Wildman–Crippen LogP) is 8.02. The van der Waals surface area contributed by atoms with E-state index in [1.165, 1.54) is 63.4 Å². The first-order valence-electron chi connectivity index (χ1n) is 13.7. The van der Waals surface area contributed by atoms with Gasteiger partial charge in [-0.3, -0.25) is 0 Å². The summed E-state index contributed by atoms with van der Waals surface area (Å²) < 4.78 is 0. The quantitative estimate of drug-likeness (QED) is 0.421. The third-order valence-corrected chi connectivity index (χ3v) is 13.8. The molecule has 0 heterocycles. The van der Waals surface area contributed by atoms with Crippen LogP contribution in [0, 0.1) is 56.7 Å². The molecule has 5 saturated carbocycles. The molecule has 5 aliphatic rings. The Morgan fingerprint density at radius 1 is 0.806 bits per heavy atom. The lowest BCUT2D eigenvalue weighted by Crippen LogP contribution is -2.68. The Morgan fingerprint density at radius 2 is 1.48 bits per heavy atom. The number of allylic oxidation sites excluding steroid dienone is 1. The highest BCUT2D eigenvalue weighted by Crippen LogP contribution is 2.80. The van der Waals surface area contributed by atoms with Crippen molar-refractivity contribution in [3.63, 3.8) is 0 Å². The van der Waals surface area contributed by atoms with Crippen LogP contribution in [0.2, 0.25) is 0 Å². The van der Waals surface area contributed by atoms with Crippen LogP contribution in [0.1, 0.15) is 113 Å². The fourth-order valence-electron chi connectivity index (χ4n) is 11.8. The van der Waals surface area contributed by atoms with Crippen molar-refractivity contribution in [1.29, 1.82) is 0 Å². The van der Waals surface area contributed by atoms with Crippen molar-refractivity contribution in [3.05, 3.63) is 12.2 Å². The maximum absolute atomic E-state index is 10.7. The van der Waals surface area contributed by atoms with E-state index in [9.17, 15) is 5.11 Å². The third-order valence-electron chi connectivity index (χ3n) is 13.8. The molecule has 11 atom stereocenters. The molecule has 1 nitrogen and oxygen atoms in total. The van der Waals surface area contributed by atoms with Crippen molar-refractivity contribution in [3.8, 4) is 0 Å². The van der Waals surface area contributed by atoms with Crippen molar-refractivity contribution in [2.75, 3.05) is 0 Å². The van der Waals surface area contributed by atoms with Gasteiger partial charge in [-0.2, -0.15) is 0 Å². The van der Waals surface area contributed by atoms with Crippen LogP contribution in [-0.4, -0.2) is 11.2 Å². The van der Waals surface area contributed by atoms with Crippen molar-refractivity contribution in [2.24, 2.45) is 56.7 Å². The highest BCUT2D eigenvalue weighted by molar-refractivity contribution is 5.24. The van der Waals surface area contributed by atoms with Gasteiger partial charge in [0.1, 0.15) is 0 Å². The second kappa shape index (κ2) is 6.64. The molecule has 0 saturated heterocycles. The molecule has 11 unspecified atom stereocenters. The topological polar surface area (TPSA) is 20.2 Å². The summed E-state index contributed by atoms with van der Waals surface area (Å²) >= 11 is 0. The normalized spacial score (nSPS) is 61.0. The minimum atomic E-state index is -0.0722. The van der Waals surface area contributed by atoms with Crippen LogP contribution in [0.3, 0.4) is 0 Å². The second-order valence-corrected chi connectivity index (χ2v) is 14.5. The molecular weight excluding hydrogens is 376 g/mol. The average molecular weight is 427 g/mol. The lowest BCUT2D eigenvalue weighted by molar-refractivity contribution is -0.268. The zero-order chi connectivity index (χ0) is 22.6. The fraction of sp³-hybridized carbons (Fsp3) is 0.933. The third kappa shape index (κ3) is 2.54. The van der Waals surface area contributed by atoms with Gasteiger partial charge in [0.2, 0.25) is 0 Å². The molecule has 1 heteroatoms. The summed E-state index contributed by atoms with van der Waals surface area (Å²) in [4.78, 5) is 0. The molecule has 0 aromatic rings. The molecule has 1 N–H and O–H groups in total. The summed E-state index contributed by atoms with van der Waals surface area (Å²) in [5.74, 6) is 3.55. The number of hydrogen-bond acceptors (Lipinski definition) is 1. The Balaban J connectivity index is 1.58. The molecule has 5 rings (SSSR count). The highest BCUT2D eigenvalue weighted by atomic mass is 16.3. The van der Waals surface area contributed by atoms with Gasteiger partial charge < -0.3 is 5.11 Å². The SMILES string of the molecule is C=C(C)C1CCC2(C)CCC3(C)C(C)(CCC4C5(C)CCC(O)C(C)C5CCC43C)C12. The van der Waals surface area contributed by atoms with E-state index in [0.29, 0.717) is 38.9 Å². The molecular formula is C30H50O. The minimum absolute atomic E-state index is 0.0722. The summed E-state index contributed by atoms with van der Waals surface area (Å²) in [6.45, 7) is 22.7. The van der Waals surface area contributed by atoms with Crippen LogP contribution >= 0.6 is 0 Å². The molecule has 0 aromatic heterocycles. The second-order valence-electron chi connectivity index (χ2n) is 14.5. The van der Waals surface area contributed by atoms with Crippen LogP contribution in [0.25, 0.3) is 0 Å². The highest BCUT2D eigenvalue weighted by Gasteiger charge is 2.73. The van der Waals surface area contributed by atoms with Gasteiger partial charge in [0, 0.05) is 0 Å². The van der Waals surface area contributed by atoms with Crippen molar-refractivity contribution in [2.45, 2.75) is 119 Å². The van der Waals surface area contributed by atoms with E-state index in [-0.39, 0.29) is 6.10 Å². The van der Waals surface area contributed by atoms with Gasteiger partial charge >= 0.3 is 0 Å². The standard InChI is InChI=1S/C30H50O/c1-19(2)21-9-13-26(4)17-18-30(8)28(6)15-10-22-20(3)23(31)11-14-27(22,5)24(28)12-16-29(30,7)25(21)26/h20-25,31H,1,9-18H2,2-8H3. The molecule has 0 radical (unpaired) electrons. The zero-order valence-electron chi connectivity index (χ0n) is 21.7. The first kappa shape index (κ1) is 22.5. The van der Waals surface area contributed by atoms with Crippen LogP contribution in [0.15, 0.2) is 12.2 Å². The van der Waals surface area contributed by atoms with Crippen molar-refractivity contribution >= 4 is 0 Å². The van der Waals surface area contributed by atoms with E-state index in [1.54, 1.807) is 0 Å². The largest absolute Gasteiger partial charge is 0.393 e. The smallest absolute Gasteiger partial charge is 0.0568 e. The Kier molecular flexibility index (Phi) is 4.82. The summed E-state index contributed by atoms with van der Waals surface area (Å²) in [6.07, 6.45) is 13.3. The average Bonchev–Trinajstić information content (AvgIpc) is 3.06. The van der Waals surface area contributed by atoms with E-state index in [4.69, 9.17) is 0 Å². The lowest BCUT2D eigenvalue weighted by Gasteiger charge is -2.75. The minimum Gasteiger partial charge on any atom is -0.393 e. The van der Waals surface area contributed by atoms with Gasteiger partial charge in [-0.15, -0.1) is 0 Å². The molecule has 5 aliphatic carbocycles. The number of aliphatic hydroxyl groups is 1. The van der Waals surface area contributed by atoms with E-state index < -0.39 is 0 Å². The first-order chi connectivity index (χ1) is 14.3. The fourth-order valence-corrected chi connectivity index (χ4v) is 11.8. The summed E-state index contributed by atoms with van der Waals surface area (Å²) in [6, 6.07) is 0. The van der Waals surface area contributed by atoms with Crippen LogP contribution in [0.5, 0.6) is 0 Å². The summed E-state index contributed by atoms with van der Waals surface area (Å²) in [7, 11) is 0. The van der Waals surface area contributed by atoms with Gasteiger partial charge in [-0.1, -0.05) is 53.7 Å². The van der Waals surface area contributed by atoms with Crippen LogP contribution in [-0.2, 0) is 0 Å². The molecule has 5 fully saturated rings. The molecule has 0 amide bonds. The van der Waals surface area contributed by atoms with E-state index in [0.717, 1.165) is 24.2 Å². The van der Waals surface area contributed by atoms with E-state index in [1.807, 2.05) is 0 Å². The van der Waals surface area contributed by atoms with Crippen LogP contribution < -0.4 is 0 Å². The van der Waals surface area contributed by atoms with Gasteiger partial charge in [0.15, 0.2) is 0 Å². The van der Waals surface area contributed by atoms with Gasteiger partial charge in [0.05, 0.1) is 6.10 Å². The Labute approximate surface area is 192 Å². The molecule has 0 aliphatic heterocycles. The van der Waals surface area contributed by atoms with Crippen molar-refractivity contribution < 1.29 is 5.11 Å². The van der Waals surface area contributed by atoms with E-state index >= 15 is 0 Å². The van der Waals surface area contributed by atoms with E-state index in [2.05, 4.69) is 55.0 Å². The Hall–Kier alpha value is -0.300. The molecule has 0 spiro atoms. The number of fused-ring (bicyclic) bond motifs is 7. The maximum Gasteiger partial charge on any atom is 0.0568 e. The number of aliphatic hydroxyl groups excluding tert-OH is 1. The molecule has 0 aromatic carbocycles. The molecule has 31 heavy (non-hydrogen) atoms. The lowest BCUT2D eigenvalue weighted by atomic mass is 9.29. The Morgan fingerprint density at radius 3 is 2.16 bits per heavy atom. The summed E-state index contributed by atoms with van der Waals surface area (Å²) in [5.41, 5.74) is 3.66. The van der Waals surface area contributed by atoms with Crippen molar-refractivity contribution in [1.82, 2.24) is 0 Å². The Bertz CT molecular complexity index is 770. The number of hydrogen-bond donors (Lipinski definition) is 1. The summed E-state index contributed by atoms with van der Waals surface area (Å²) in [5, 5.41) is 10.7.